The summed E-state index contributed by atoms with van der Waals surface area (Å²) < 4.78 is 0. The number of ketones is 2. The highest BCUT2D eigenvalue weighted by Crippen LogP contribution is 2.40. The van der Waals surface area contributed by atoms with Crippen LogP contribution in [0.4, 0.5) is 0 Å². The van der Waals surface area contributed by atoms with Crippen LogP contribution in [0.15, 0.2) is 34.9 Å². The molecule has 4 nitrogen and oxygen atoms in total. The second kappa shape index (κ2) is 7.34. The van der Waals surface area contributed by atoms with Gasteiger partial charge >= 0.3 is 5.97 Å². The van der Waals surface area contributed by atoms with E-state index in [0.717, 1.165) is 5.57 Å². The van der Waals surface area contributed by atoms with Crippen LogP contribution in [-0.4, -0.2) is 22.6 Å². The van der Waals surface area contributed by atoms with Crippen LogP contribution in [0.25, 0.3) is 0 Å². The highest BCUT2D eigenvalue weighted by Gasteiger charge is 2.41. The van der Waals surface area contributed by atoms with Crippen molar-refractivity contribution in [2.45, 2.75) is 53.4 Å². The number of carboxylic acid groups (broad SMARTS) is 1. The highest BCUT2D eigenvalue weighted by molar-refractivity contribution is 6.00. The molecule has 0 aromatic rings. The van der Waals surface area contributed by atoms with Gasteiger partial charge in [-0.1, -0.05) is 23.8 Å². The molecule has 1 rings (SSSR count). The molecule has 1 atom stereocenters. The van der Waals surface area contributed by atoms with Crippen LogP contribution in [0.1, 0.15) is 53.4 Å². The minimum Gasteiger partial charge on any atom is -0.481 e. The normalized spacial score (nSPS) is 23.3. The minimum atomic E-state index is -1.02. The maximum absolute atomic E-state index is 11.9. The van der Waals surface area contributed by atoms with E-state index in [0.29, 0.717) is 30.4 Å². The van der Waals surface area contributed by atoms with Gasteiger partial charge in [0.2, 0.25) is 0 Å². The number of aliphatic carboxylic acids is 1. The van der Waals surface area contributed by atoms with Crippen LogP contribution in [0.2, 0.25) is 0 Å². The van der Waals surface area contributed by atoms with Gasteiger partial charge in [0.1, 0.15) is 5.78 Å². The maximum atomic E-state index is 11.9. The quantitative estimate of drug-likeness (QED) is 0.761. The van der Waals surface area contributed by atoms with Gasteiger partial charge in [0, 0.05) is 12.8 Å². The zero-order chi connectivity index (χ0) is 16.9. The molecule has 0 unspecified atom stereocenters. The summed E-state index contributed by atoms with van der Waals surface area (Å²) >= 11 is 0. The van der Waals surface area contributed by atoms with Gasteiger partial charge in [-0.3, -0.25) is 9.59 Å². The Morgan fingerprint density at radius 1 is 1.32 bits per heavy atom. The third kappa shape index (κ3) is 4.26. The monoisotopic (exact) mass is 304 g/mol. The predicted molar refractivity (Wildman–Crippen MR) is 85.5 cm³/mol. The maximum Gasteiger partial charge on any atom is 0.313 e. The Balaban J connectivity index is 3.02. The summed E-state index contributed by atoms with van der Waals surface area (Å²) in [5.74, 6) is -0.753. The first-order chi connectivity index (χ1) is 10.2. The van der Waals surface area contributed by atoms with Gasteiger partial charge in [0.05, 0.1) is 5.41 Å². The lowest BCUT2D eigenvalue weighted by Gasteiger charge is -2.31. The average molecular weight is 304 g/mol. The summed E-state index contributed by atoms with van der Waals surface area (Å²) in [6.07, 6.45) is 7.26. The molecule has 120 valence electrons. The summed E-state index contributed by atoms with van der Waals surface area (Å²) in [4.78, 5) is 34.4. The van der Waals surface area contributed by atoms with E-state index in [4.69, 9.17) is 0 Å². The number of Topliss-reactive ketones (excluding diaryl/α,β-unsaturated/α-hetero) is 2. The Bertz CT molecular complexity index is 578. The molecule has 0 fully saturated rings. The number of hydrogen-bond donors (Lipinski definition) is 1. The van der Waals surface area contributed by atoms with E-state index >= 15 is 0 Å². The van der Waals surface area contributed by atoms with Crippen molar-refractivity contribution in [3.05, 3.63) is 34.9 Å². The van der Waals surface area contributed by atoms with Gasteiger partial charge < -0.3 is 9.90 Å². The van der Waals surface area contributed by atoms with Crippen molar-refractivity contribution in [3.63, 3.8) is 0 Å². The van der Waals surface area contributed by atoms with E-state index in [-0.39, 0.29) is 18.0 Å². The molecule has 0 aliphatic heterocycles. The largest absolute Gasteiger partial charge is 0.481 e. The second-order valence-electron chi connectivity index (χ2n) is 6.12. The Morgan fingerprint density at radius 3 is 2.50 bits per heavy atom. The highest BCUT2D eigenvalue weighted by atomic mass is 16.4. The zero-order valence-corrected chi connectivity index (χ0v) is 13.7. The van der Waals surface area contributed by atoms with E-state index in [1.807, 2.05) is 19.1 Å². The molecule has 0 amide bonds. The summed E-state index contributed by atoms with van der Waals surface area (Å²) in [5, 5.41) is 9.51. The predicted octanol–water partition coefficient (Wildman–Crippen LogP) is 3.63. The summed E-state index contributed by atoms with van der Waals surface area (Å²) in [6, 6.07) is 0. The van der Waals surface area contributed by atoms with Crippen molar-refractivity contribution in [1.29, 1.82) is 0 Å². The smallest absolute Gasteiger partial charge is 0.313 e. The first-order valence-corrected chi connectivity index (χ1v) is 7.50. The van der Waals surface area contributed by atoms with Crippen molar-refractivity contribution in [2.24, 2.45) is 5.41 Å². The van der Waals surface area contributed by atoms with Gasteiger partial charge in [-0.15, -0.1) is 0 Å². The molecule has 0 spiro atoms. The Kier molecular flexibility index (Phi) is 6.03. The molecule has 0 saturated heterocycles. The Morgan fingerprint density at radius 2 is 1.95 bits per heavy atom. The van der Waals surface area contributed by atoms with E-state index in [2.05, 4.69) is 0 Å². The lowest BCUT2D eigenvalue weighted by molar-refractivity contribution is -0.146. The van der Waals surface area contributed by atoms with Crippen LogP contribution in [0, 0.1) is 5.41 Å². The standard InChI is InChI=1S/C18H24O4/c1-12(6-5-7-13(2)19)8-9-15-14(3)16(20)10-11-18(15,4)17(21)22/h6,8-9H,5,7,10-11H2,1-4H3,(H,21,22)/b9-8+,12-6+/t18-/m0/s1. The number of carboxylic acids is 1. The van der Waals surface area contributed by atoms with Crippen LogP contribution < -0.4 is 0 Å². The molecule has 0 aromatic heterocycles. The summed E-state index contributed by atoms with van der Waals surface area (Å²) in [6.45, 7) is 6.81. The zero-order valence-electron chi connectivity index (χ0n) is 13.7. The van der Waals surface area contributed by atoms with Gasteiger partial charge in [-0.2, -0.15) is 0 Å². The van der Waals surface area contributed by atoms with E-state index < -0.39 is 11.4 Å². The summed E-state index contributed by atoms with van der Waals surface area (Å²) in [5.41, 5.74) is 1.04. The molecular formula is C18H24O4. The van der Waals surface area contributed by atoms with E-state index in [1.54, 1.807) is 26.8 Å². The average Bonchev–Trinajstić information content (AvgIpc) is 2.42. The molecule has 0 aromatic carbocycles. The topological polar surface area (TPSA) is 71.4 Å². The van der Waals surface area contributed by atoms with E-state index in [9.17, 15) is 19.5 Å². The fourth-order valence-electron chi connectivity index (χ4n) is 2.57. The Hall–Kier alpha value is -1.97. The van der Waals surface area contributed by atoms with Crippen molar-refractivity contribution in [3.8, 4) is 0 Å². The SMILES string of the molecule is CC(=O)CC/C=C(C)/C=C/C1=C(C)C(=O)CC[C@]1(C)C(=O)O. The lowest BCUT2D eigenvalue weighted by atomic mass is 9.70. The van der Waals surface area contributed by atoms with Gasteiger partial charge in [-0.25, -0.2) is 0 Å². The van der Waals surface area contributed by atoms with Crippen LogP contribution in [0.3, 0.4) is 0 Å². The number of carbonyl (C=O) groups excluding carboxylic acids is 2. The molecule has 0 radical (unpaired) electrons. The third-order valence-electron chi connectivity index (χ3n) is 4.22. The minimum absolute atomic E-state index is 0.0107. The molecule has 1 aliphatic carbocycles. The fourth-order valence-corrected chi connectivity index (χ4v) is 2.57. The molecule has 1 aliphatic rings. The van der Waals surface area contributed by atoms with Gasteiger partial charge in [-0.05, 0) is 51.7 Å². The van der Waals surface area contributed by atoms with Gasteiger partial charge in [0.25, 0.3) is 0 Å². The van der Waals surface area contributed by atoms with Crippen LogP contribution in [-0.2, 0) is 14.4 Å². The van der Waals surface area contributed by atoms with Crippen molar-refractivity contribution in [1.82, 2.24) is 0 Å². The number of allylic oxidation sites excluding steroid dienone is 5. The molecule has 0 saturated carbocycles. The van der Waals surface area contributed by atoms with Crippen molar-refractivity contribution < 1.29 is 19.5 Å². The molecule has 22 heavy (non-hydrogen) atoms. The lowest BCUT2D eigenvalue weighted by Crippen LogP contribution is -2.34. The number of rotatable bonds is 6. The first-order valence-electron chi connectivity index (χ1n) is 7.50. The summed E-state index contributed by atoms with van der Waals surface area (Å²) in [7, 11) is 0. The first kappa shape index (κ1) is 18.1. The molecule has 0 heterocycles. The van der Waals surface area contributed by atoms with Crippen LogP contribution >= 0.6 is 0 Å². The van der Waals surface area contributed by atoms with Crippen molar-refractivity contribution in [2.75, 3.05) is 0 Å². The number of carbonyl (C=O) groups is 3. The fraction of sp³-hybridized carbons (Fsp3) is 0.500. The third-order valence-corrected chi connectivity index (χ3v) is 4.22. The second-order valence-corrected chi connectivity index (χ2v) is 6.12. The molecule has 0 bridgehead atoms. The molecular weight excluding hydrogens is 280 g/mol. The van der Waals surface area contributed by atoms with Gasteiger partial charge in [0.15, 0.2) is 5.78 Å². The molecule has 1 N–H and O–H groups in total. The van der Waals surface area contributed by atoms with E-state index in [1.165, 1.54) is 0 Å². The number of hydrogen-bond acceptors (Lipinski definition) is 3. The molecule has 4 heteroatoms. The van der Waals surface area contributed by atoms with Crippen molar-refractivity contribution >= 4 is 17.5 Å². The Labute approximate surface area is 131 Å². The van der Waals surface area contributed by atoms with Crippen LogP contribution in [0.5, 0.6) is 0 Å².